The molecule has 7 heteroatoms. The van der Waals surface area contributed by atoms with Crippen LogP contribution in [0.25, 0.3) is 0 Å². The van der Waals surface area contributed by atoms with Gasteiger partial charge in [-0.15, -0.1) is 0 Å². The first-order valence-corrected chi connectivity index (χ1v) is 6.12. The molecule has 104 valence electrons. The van der Waals surface area contributed by atoms with E-state index in [1.165, 1.54) is 0 Å². The minimum Gasteiger partial charge on any atom is -0.346 e. The molecule has 2 fully saturated rings. The third-order valence-corrected chi connectivity index (χ3v) is 3.98. The quantitative estimate of drug-likeness (QED) is 0.780. The van der Waals surface area contributed by atoms with E-state index in [9.17, 15) is 18.0 Å². The molecule has 1 amide bonds. The van der Waals surface area contributed by atoms with E-state index in [2.05, 4.69) is 0 Å². The van der Waals surface area contributed by atoms with Gasteiger partial charge in [0.1, 0.15) is 6.54 Å². The normalized spacial score (nSPS) is 27.2. The number of likely N-dealkylation sites (tertiary alicyclic amines) is 1. The highest BCUT2D eigenvalue weighted by molar-refractivity contribution is 5.78. The summed E-state index contributed by atoms with van der Waals surface area (Å²) in [7, 11) is 0. The number of nitrogens with zero attached hydrogens (tertiary/aromatic N) is 1. The lowest BCUT2D eigenvalue weighted by Gasteiger charge is -2.41. The Morgan fingerprint density at radius 3 is 2.56 bits per heavy atom. The van der Waals surface area contributed by atoms with Gasteiger partial charge in [0.15, 0.2) is 0 Å². The first-order valence-electron chi connectivity index (χ1n) is 6.12. The second kappa shape index (κ2) is 4.70. The molecule has 1 spiro atoms. The molecule has 4 nitrogen and oxygen atoms in total. The van der Waals surface area contributed by atoms with Gasteiger partial charge in [-0.25, -0.2) is 0 Å². The maximum absolute atomic E-state index is 11.9. The second-order valence-corrected chi connectivity index (χ2v) is 5.38. The van der Waals surface area contributed by atoms with Crippen LogP contribution in [0.4, 0.5) is 13.2 Å². The zero-order valence-corrected chi connectivity index (χ0v) is 10.1. The first-order chi connectivity index (χ1) is 8.31. The summed E-state index contributed by atoms with van der Waals surface area (Å²) < 4.78 is 35.8. The van der Waals surface area contributed by atoms with Crippen molar-refractivity contribution >= 4 is 5.91 Å². The predicted molar refractivity (Wildman–Crippen MR) is 59.8 cm³/mol. The Kier molecular flexibility index (Phi) is 3.55. The van der Waals surface area contributed by atoms with Crippen molar-refractivity contribution in [2.75, 3.05) is 26.2 Å². The van der Waals surface area contributed by atoms with Gasteiger partial charge in [0.2, 0.25) is 5.91 Å². The van der Waals surface area contributed by atoms with Crippen LogP contribution in [0.15, 0.2) is 0 Å². The van der Waals surface area contributed by atoms with Crippen molar-refractivity contribution in [1.29, 1.82) is 0 Å². The molecule has 1 heterocycles. The highest BCUT2D eigenvalue weighted by atomic mass is 19.4. The van der Waals surface area contributed by atoms with Crippen molar-refractivity contribution in [2.45, 2.75) is 31.5 Å². The van der Waals surface area contributed by atoms with Crippen molar-refractivity contribution in [3.8, 4) is 0 Å². The van der Waals surface area contributed by atoms with Crippen molar-refractivity contribution in [3.63, 3.8) is 0 Å². The van der Waals surface area contributed by atoms with Crippen LogP contribution in [0.3, 0.4) is 0 Å². The second-order valence-electron chi connectivity index (χ2n) is 5.38. The number of amides is 1. The standard InChI is InChI=1S/C11H18F3N3O/c12-11(13,14)6-16-9(18)5-17-4-8(15)10(7-17)2-1-3-10/h8H,1-7,15H2,(H,16,18). The van der Waals surface area contributed by atoms with Crippen LogP contribution < -0.4 is 11.1 Å². The van der Waals surface area contributed by atoms with Crippen LogP contribution in [0.5, 0.6) is 0 Å². The molecule has 1 atom stereocenters. The summed E-state index contributed by atoms with van der Waals surface area (Å²) in [6, 6.07) is 0.0432. The molecular formula is C11H18F3N3O. The molecule has 1 aliphatic carbocycles. The number of halogens is 3. The summed E-state index contributed by atoms with van der Waals surface area (Å²) in [6.07, 6.45) is -1.07. The largest absolute Gasteiger partial charge is 0.405 e. The zero-order chi connectivity index (χ0) is 13.4. The highest BCUT2D eigenvalue weighted by Gasteiger charge is 2.48. The Morgan fingerprint density at radius 2 is 2.11 bits per heavy atom. The van der Waals surface area contributed by atoms with Crippen molar-refractivity contribution in [1.82, 2.24) is 10.2 Å². The van der Waals surface area contributed by atoms with Crippen LogP contribution in [0.1, 0.15) is 19.3 Å². The van der Waals surface area contributed by atoms with Crippen LogP contribution in [-0.2, 0) is 4.79 Å². The molecule has 2 rings (SSSR count). The number of hydrogen-bond donors (Lipinski definition) is 2. The Hall–Kier alpha value is -0.820. The monoisotopic (exact) mass is 265 g/mol. The van der Waals surface area contributed by atoms with E-state index >= 15 is 0 Å². The fourth-order valence-corrected chi connectivity index (χ4v) is 2.84. The van der Waals surface area contributed by atoms with Crippen molar-refractivity contribution < 1.29 is 18.0 Å². The lowest BCUT2D eigenvalue weighted by atomic mass is 9.66. The van der Waals surface area contributed by atoms with Gasteiger partial charge < -0.3 is 11.1 Å². The van der Waals surface area contributed by atoms with Gasteiger partial charge in [-0.2, -0.15) is 13.2 Å². The average molecular weight is 265 g/mol. The molecule has 1 saturated carbocycles. The smallest absolute Gasteiger partial charge is 0.346 e. The minimum atomic E-state index is -4.35. The fourth-order valence-electron chi connectivity index (χ4n) is 2.84. The first kappa shape index (κ1) is 13.6. The van der Waals surface area contributed by atoms with E-state index in [1.807, 2.05) is 10.2 Å². The van der Waals surface area contributed by atoms with Gasteiger partial charge in [0.05, 0.1) is 6.54 Å². The maximum atomic E-state index is 11.9. The molecular weight excluding hydrogens is 247 g/mol. The van der Waals surface area contributed by atoms with Crippen LogP contribution in [-0.4, -0.2) is 49.2 Å². The van der Waals surface area contributed by atoms with Gasteiger partial charge in [-0.05, 0) is 18.3 Å². The molecule has 0 radical (unpaired) electrons. The third-order valence-electron chi connectivity index (χ3n) is 3.98. The molecule has 0 bridgehead atoms. The number of nitrogens with two attached hydrogens (primary N) is 1. The number of rotatable bonds is 3. The van der Waals surface area contributed by atoms with E-state index in [0.29, 0.717) is 6.54 Å². The fraction of sp³-hybridized carbons (Fsp3) is 0.909. The summed E-state index contributed by atoms with van der Waals surface area (Å²) in [4.78, 5) is 13.2. The lowest BCUT2D eigenvalue weighted by Crippen LogP contribution is -2.45. The Bertz CT molecular complexity index is 328. The van der Waals surface area contributed by atoms with Gasteiger partial charge in [0.25, 0.3) is 0 Å². The molecule has 0 aromatic rings. The highest BCUT2D eigenvalue weighted by Crippen LogP contribution is 2.47. The van der Waals surface area contributed by atoms with E-state index in [1.54, 1.807) is 0 Å². The number of hydrogen-bond acceptors (Lipinski definition) is 3. The maximum Gasteiger partial charge on any atom is 0.405 e. The van der Waals surface area contributed by atoms with Crippen molar-refractivity contribution in [3.05, 3.63) is 0 Å². The average Bonchev–Trinajstić information content (AvgIpc) is 2.51. The number of nitrogens with one attached hydrogen (secondary N) is 1. The van der Waals surface area contributed by atoms with E-state index in [-0.39, 0.29) is 18.0 Å². The summed E-state index contributed by atoms with van der Waals surface area (Å²) in [5, 5.41) is 1.88. The Morgan fingerprint density at radius 1 is 1.44 bits per heavy atom. The SMILES string of the molecule is NC1CN(CC(=O)NCC(F)(F)F)CC12CCC2. The molecule has 1 aliphatic heterocycles. The number of carbonyl (C=O) groups is 1. The topological polar surface area (TPSA) is 58.4 Å². The van der Waals surface area contributed by atoms with E-state index in [0.717, 1.165) is 25.8 Å². The predicted octanol–water partition coefficient (Wildman–Crippen LogP) is 0.478. The number of carbonyl (C=O) groups excluding carboxylic acids is 1. The number of alkyl halides is 3. The van der Waals surface area contributed by atoms with Gasteiger partial charge in [-0.3, -0.25) is 9.69 Å². The lowest BCUT2D eigenvalue weighted by molar-refractivity contribution is -0.139. The molecule has 0 aromatic heterocycles. The molecule has 1 saturated heterocycles. The van der Waals surface area contributed by atoms with E-state index in [4.69, 9.17) is 5.73 Å². The van der Waals surface area contributed by atoms with Crippen LogP contribution >= 0.6 is 0 Å². The van der Waals surface area contributed by atoms with Crippen LogP contribution in [0, 0.1) is 5.41 Å². The summed E-state index contributed by atoms with van der Waals surface area (Å²) in [5.74, 6) is -0.587. The van der Waals surface area contributed by atoms with Crippen LogP contribution in [0.2, 0.25) is 0 Å². The summed E-state index contributed by atoms with van der Waals surface area (Å²) in [6.45, 7) is 0.0649. The van der Waals surface area contributed by atoms with Crippen molar-refractivity contribution in [2.24, 2.45) is 11.1 Å². The molecule has 2 aliphatic rings. The Balaban J connectivity index is 1.76. The molecule has 1 unspecified atom stereocenters. The molecule has 3 N–H and O–H groups in total. The summed E-state index contributed by atoms with van der Waals surface area (Å²) in [5.41, 5.74) is 6.15. The minimum absolute atomic E-state index is 0.00549. The zero-order valence-electron chi connectivity index (χ0n) is 10.1. The molecule has 0 aromatic carbocycles. The van der Waals surface area contributed by atoms with Gasteiger partial charge in [-0.1, -0.05) is 6.42 Å². The van der Waals surface area contributed by atoms with Gasteiger partial charge in [0, 0.05) is 19.1 Å². The Labute approximate surface area is 104 Å². The van der Waals surface area contributed by atoms with E-state index < -0.39 is 18.6 Å². The summed E-state index contributed by atoms with van der Waals surface area (Å²) >= 11 is 0. The molecule has 18 heavy (non-hydrogen) atoms. The third kappa shape index (κ3) is 2.95. The van der Waals surface area contributed by atoms with Gasteiger partial charge >= 0.3 is 6.18 Å².